The van der Waals surface area contributed by atoms with E-state index in [0.717, 1.165) is 15.0 Å². The highest BCUT2D eigenvalue weighted by atomic mass is 32.1. The standard InChI is InChI=1S/C21H18FN5O2S/c22-18-12-8-25-21(28)17(12)19(27-20(18)26-14-3-4-29-9-13(14)24)16-6-11-5-10(7-23)1-2-15(11)30-16/h1-2,5-6,13-14H,3-4,8-9,24H2,(H,25,28)(H,26,27). The van der Waals surface area contributed by atoms with E-state index in [1.807, 2.05) is 12.1 Å². The molecule has 30 heavy (non-hydrogen) atoms. The van der Waals surface area contributed by atoms with Crippen LogP contribution in [-0.2, 0) is 11.3 Å². The molecule has 2 aliphatic heterocycles. The number of pyridine rings is 1. The van der Waals surface area contributed by atoms with Crippen molar-refractivity contribution in [1.82, 2.24) is 10.3 Å². The highest BCUT2D eigenvalue weighted by molar-refractivity contribution is 7.22. The molecular formula is C21H18FN5O2S. The molecule has 2 unspecified atom stereocenters. The molecule has 0 bridgehead atoms. The van der Waals surface area contributed by atoms with Gasteiger partial charge in [-0.15, -0.1) is 11.3 Å². The number of rotatable bonds is 3. The molecule has 152 valence electrons. The Morgan fingerprint density at radius 2 is 2.27 bits per heavy atom. The van der Waals surface area contributed by atoms with Crippen molar-refractivity contribution in [2.24, 2.45) is 5.73 Å². The molecule has 0 spiro atoms. The van der Waals surface area contributed by atoms with Gasteiger partial charge in [0.2, 0.25) is 0 Å². The zero-order chi connectivity index (χ0) is 20.8. The fourth-order valence-corrected chi connectivity index (χ4v) is 4.94. The lowest BCUT2D eigenvalue weighted by atomic mass is 10.0. The van der Waals surface area contributed by atoms with Gasteiger partial charge < -0.3 is 21.1 Å². The third-order valence-corrected chi connectivity index (χ3v) is 6.61. The Labute approximate surface area is 175 Å². The Kier molecular flexibility index (Phi) is 4.62. The van der Waals surface area contributed by atoms with Crippen LogP contribution in [0.3, 0.4) is 0 Å². The van der Waals surface area contributed by atoms with Gasteiger partial charge in [0.1, 0.15) is 0 Å². The fourth-order valence-electron chi connectivity index (χ4n) is 3.90. The van der Waals surface area contributed by atoms with Crippen LogP contribution in [0.2, 0.25) is 0 Å². The quantitative estimate of drug-likeness (QED) is 0.597. The molecule has 1 aromatic carbocycles. The van der Waals surface area contributed by atoms with Crippen LogP contribution in [0.4, 0.5) is 10.2 Å². The van der Waals surface area contributed by atoms with Crippen molar-refractivity contribution < 1.29 is 13.9 Å². The van der Waals surface area contributed by atoms with Crippen molar-refractivity contribution >= 4 is 33.1 Å². The summed E-state index contributed by atoms with van der Waals surface area (Å²) in [4.78, 5) is 17.7. The molecule has 1 amide bonds. The summed E-state index contributed by atoms with van der Waals surface area (Å²) >= 11 is 1.45. The lowest BCUT2D eigenvalue weighted by Gasteiger charge is -2.30. The summed E-state index contributed by atoms with van der Waals surface area (Å²) in [6.07, 6.45) is 0.645. The van der Waals surface area contributed by atoms with Gasteiger partial charge >= 0.3 is 0 Å². The maximum absolute atomic E-state index is 15.2. The van der Waals surface area contributed by atoms with E-state index in [1.165, 1.54) is 11.3 Å². The van der Waals surface area contributed by atoms with Gasteiger partial charge in [-0.25, -0.2) is 9.37 Å². The van der Waals surface area contributed by atoms with Crippen LogP contribution in [0.1, 0.15) is 27.9 Å². The summed E-state index contributed by atoms with van der Waals surface area (Å²) in [5.41, 5.74) is 7.67. The molecule has 2 atom stereocenters. The van der Waals surface area contributed by atoms with E-state index >= 15 is 4.39 Å². The van der Waals surface area contributed by atoms with Gasteiger partial charge in [-0.05, 0) is 36.1 Å². The van der Waals surface area contributed by atoms with E-state index in [2.05, 4.69) is 21.7 Å². The van der Waals surface area contributed by atoms with Crippen LogP contribution in [0.5, 0.6) is 0 Å². The molecule has 7 nitrogen and oxygen atoms in total. The van der Waals surface area contributed by atoms with Crippen LogP contribution in [0, 0.1) is 17.1 Å². The molecule has 1 saturated heterocycles. The Bertz CT molecular complexity index is 1220. The van der Waals surface area contributed by atoms with Crippen LogP contribution < -0.4 is 16.4 Å². The summed E-state index contributed by atoms with van der Waals surface area (Å²) < 4.78 is 21.5. The zero-order valence-corrected chi connectivity index (χ0v) is 16.7. The number of amides is 1. The number of benzene rings is 1. The van der Waals surface area contributed by atoms with E-state index < -0.39 is 5.82 Å². The molecule has 5 rings (SSSR count). The minimum atomic E-state index is -0.529. The van der Waals surface area contributed by atoms with Gasteiger partial charge in [0.25, 0.3) is 5.91 Å². The number of nitriles is 1. The predicted octanol–water partition coefficient (Wildman–Crippen LogP) is 2.75. The predicted molar refractivity (Wildman–Crippen MR) is 112 cm³/mol. The number of halogens is 1. The highest BCUT2D eigenvalue weighted by Crippen LogP contribution is 2.39. The first kappa shape index (κ1) is 18.9. The number of aromatic nitrogens is 1. The molecule has 0 radical (unpaired) electrons. The van der Waals surface area contributed by atoms with Gasteiger partial charge in [0.15, 0.2) is 11.6 Å². The maximum Gasteiger partial charge on any atom is 0.254 e. The number of anilines is 1. The molecule has 4 N–H and O–H groups in total. The van der Waals surface area contributed by atoms with Gasteiger partial charge in [-0.2, -0.15) is 5.26 Å². The Morgan fingerprint density at radius 1 is 1.40 bits per heavy atom. The Balaban J connectivity index is 1.63. The summed E-state index contributed by atoms with van der Waals surface area (Å²) in [6.45, 7) is 1.06. The number of nitrogens with one attached hydrogen (secondary N) is 2. The molecular weight excluding hydrogens is 405 g/mol. The van der Waals surface area contributed by atoms with Gasteiger partial charge in [0, 0.05) is 35.5 Å². The van der Waals surface area contributed by atoms with E-state index in [4.69, 9.17) is 15.7 Å². The first-order valence-corrected chi connectivity index (χ1v) is 10.4. The normalized spacial score (nSPS) is 20.6. The second-order valence-corrected chi connectivity index (χ2v) is 8.50. The first-order valence-electron chi connectivity index (χ1n) is 9.59. The SMILES string of the molecule is N#Cc1ccc2sc(-c3nc(NC4CCOCC4N)c(F)c4c3C(=O)NC4)cc2c1. The molecule has 1 fully saturated rings. The van der Waals surface area contributed by atoms with Crippen molar-refractivity contribution in [3.8, 4) is 16.6 Å². The van der Waals surface area contributed by atoms with Crippen LogP contribution in [0.25, 0.3) is 20.7 Å². The van der Waals surface area contributed by atoms with Crippen LogP contribution in [0.15, 0.2) is 24.3 Å². The Morgan fingerprint density at radius 3 is 3.07 bits per heavy atom. The number of hydrogen-bond donors (Lipinski definition) is 3. The molecule has 2 aromatic heterocycles. The van der Waals surface area contributed by atoms with E-state index in [-0.39, 0.29) is 35.9 Å². The average molecular weight is 423 g/mol. The Hall–Kier alpha value is -3.06. The van der Waals surface area contributed by atoms with Crippen molar-refractivity contribution in [1.29, 1.82) is 5.26 Å². The average Bonchev–Trinajstić information content (AvgIpc) is 3.35. The second-order valence-electron chi connectivity index (χ2n) is 7.41. The zero-order valence-electron chi connectivity index (χ0n) is 15.9. The smallest absolute Gasteiger partial charge is 0.254 e. The molecule has 9 heteroatoms. The monoisotopic (exact) mass is 423 g/mol. The second kappa shape index (κ2) is 7.32. The van der Waals surface area contributed by atoms with Crippen molar-refractivity contribution in [3.63, 3.8) is 0 Å². The van der Waals surface area contributed by atoms with E-state index in [1.54, 1.807) is 12.1 Å². The van der Waals surface area contributed by atoms with Crippen LogP contribution in [-0.4, -0.2) is 36.2 Å². The molecule has 3 aromatic rings. The van der Waals surface area contributed by atoms with Gasteiger partial charge in [-0.3, -0.25) is 4.79 Å². The largest absolute Gasteiger partial charge is 0.380 e. The number of nitrogens with two attached hydrogens (primary N) is 1. The number of fused-ring (bicyclic) bond motifs is 2. The van der Waals surface area contributed by atoms with Crippen molar-refractivity contribution in [3.05, 3.63) is 46.8 Å². The van der Waals surface area contributed by atoms with Crippen molar-refractivity contribution in [2.75, 3.05) is 18.5 Å². The maximum atomic E-state index is 15.2. The fraction of sp³-hybridized carbons (Fsp3) is 0.286. The lowest BCUT2D eigenvalue weighted by Crippen LogP contribution is -2.48. The van der Waals surface area contributed by atoms with Gasteiger partial charge in [0.05, 0.1) is 34.4 Å². The number of nitrogens with zero attached hydrogens (tertiary/aromatic N) is 2. The molecule has 4 heterocycles. The summed E-state index contributed by atoms with van der Waals surface area (Å²) in [5, 5.41) is 15.9. The molecule has 0 saturated carbocycles. The lowest BCUT2D eigenvalue weighted by molar-refractivity contribution is 0.0751. The number of thiophene rings is 1. The van der Waals surface area contributed by atoms with E-state index in [9.17, 15) is 4.79 Å². The summed E-state index contributed by atoms with van der Waals surface area (Å²) in [5.74, 6) is -0.771. The number of hydrogen-bond acceptors (Lipinski definition) is 7. The summed E-state index contributed by atoms with van der Waals surface area (Å²) in [7, 11) is 0. The third-order valence-electron chi connectivity index (χ3n) is 5.49. The number of carbonyl (C=O) groups is 1. The molecule has 0 aliphatic carbocycles. The highest BCUT2D eigenvalue weighted by Gasteiger charge is 2.32. The van der Waals surface area contributed by atoms with Gasteiger partial charge in [-0.1, -0.05) is 0 Å². The summed E-state index contributed by atoms with van der Waals surface area (Å²) in [6, 6.07) is 8.98. The van der Waals surface area contributed by atoms with Crippen molar-refractivity contribution in [2.45, 2.75) is 25.0 Å². The third kappa shape index (κ3) is 3.10. The number of carbonyl (C=O) groups excluding carboxylic acids is 1. The first-order chi connectivity index (χ1) is 14.5. The van der Waals surface area contributed by atoms with Crippen LogP contribution >= 0.6 is 11.3 Å². The minimum Gasteiger partial charge on any atom is -0.380 e. The number of ether oxygens (including phenoxy) is 1. The topological polar surface area (TPSA) is 113 Å². The minimum absolute atomic E-state index is 0.0952. The molecule has 2 aliphatic rings. The van der Waals surface area contributed by atoms with E-state index in [0.29, 0.717) is 36.5 Å².